The van der Waals surface area contributed by atoms with Gasteiger partial charge in [0.15, 0.2) is 0 Å². The van der Waals surface area contributed by atoms with Crippen LogP contribution in [0.5, 0.6) is 0 Å². The lowest BCUT2D eigenvalue weighted by molar-refractivity contribution is -0.142. The minimum Gasteiger partial charge on any atom is -0.272 e. The average Bonchev–Trinajstić information content (AvgIpc) is 1.85. The lowest BCUT2D eigenvalue weighted by Gasteiger charge is -2.24. The predicted molar refractivity (Wildman–Crippen MR) is 41.5 cm³/mol. The smallest absolute Gasteiger partial charge is 0.272 e. The van der Waals surface area contributed by atoms with E-state index in [0.29, 0.717) is 0 Å². The van der Waals surface area contributed by atoms with Gasteiger partial charge in [0, 0.05) is 0 Å². The topological polar surface area (TPSA) is 4.36 Å². The molecule has 0 aromatic heterocycles. The van der Waals surface area contributed by atoms with Crippen LogP contribution in [-0.4, -0.2) is 15.0 Å². The van der Waals surface area contributed by atoms with E-state index in [1.165, 1.54) is 0 Å². The van der Waals surface area contributed by atoms with Gasteiger partial charge < -0.3 is 0 Å². The molecule has 70 valence electrons. The van der Waals surface area contributed by atoms with Crippen molar-refractivity contribution in [3.8, 4) is 0 Å². The summed E-state index contributed by atoms with van der Waals surface area (Å²) in [6.45, 7) is 6.23. The van der Waals surface area contributed by atoms with E-state index in [4.69, 9.17) is 53.0 Å². The van der Waals surface area contributed by atoms with Crippen LogP contribution in [0.3, 0.4) is 0 Å². The Morgan fingerprint density at radius 2 is 1.33 bits per heavy atom. The fraction of sp³-hybridized carbons (Fsp3) is 0.750. The Labute approximate surface area is 86.1 Å². The second-order valence-corrected chi connectivity index (χ2v) is 4.34. The normalized spacial score (nSPS) is 14.2. The van der Waals surface area contributed by atoms with Crippen molar-refractivity contribution >= 4 is 46.4 Å². The van der Waals surface area contributed by atoms with Crippen molar-refractivity contribution in [3.63, 3.8) is 0 Å². The Balaban J connectivity index is 5.02. The first-order valence-electron chi connectivity index (χ1n) is 2.27. The molecule has 1 nitrogen and oxygen atoms in total. The van der Waals surface area contributed by atoms with Crippen LogP contribution in [-0.2, 0) is 0 Å². The van der Waals surface area contributed by atoms with Gasteiger partial charge in [-0.1, -0.05) is 23.2 Å². The molecular weight excluding hydrogens is 261 g/mol. The summed E-state index contributed by atoms with van der Waals surface area (Å²) in [6.07, 6.45) is -5.07. The number of rotatable bonds is 1. The van der Waals surface area contributed by atoms with Crippen molar-refractivity contribution in [2.24, 2.45) is 0 Å². The lowest BCUT2D eigenvalue weighted by atomic mass is 10.4. The summed E-state index contributed by atoms with van der Waals surface area (Å²) in [5.41, 5.74) is 0. The van der Waals surface area contributed by atoms with Crippen LogP contribution in [0.2, 0.25) is 0 Å². The molecule has 12 heavy (non-hydrogen) atoms. The molecule has 0 saturated carbocycles. The predicted octanol–water partition coefficient (Wildman–Crippen LogP) is 3.77. The Morgan fingerprint density at radius 3 is 1.42 bits per heavy atom. The van der Waals surface area contributed by atoms with Gasteiger partial charge in [-0.2, -0.15) is 13.2 Å². The standard InChI is InChI=1S/C4Cl4F3N/c1-12-3(7,8)2(5,6)4(9,10)11. The molecule has 0 bridgehead atoms. The van der Waals surface area contributed by atoms with Crippen LogP contribution in [0, 0.1) is 6.57 Å². The highest BCUT2D eigenvalue weighted by atomic mass is 35.5. The van der Waals surface area contributed by atoms with Gasteiger partial charge in [-0.3, -0.25) is 4.85 Å². The molecule has 0 aliphatic carbocycles. The zero-order valence-electron chi connectivity index (χ0n) is 5.09. The minimum atomic E-state index is -5.07. The number of alkyl halides is 7. The number of halogens is 7. The van der Waals surface area contributed by atoms with Crippen LogP contribution in [0.25, 0.3) is 4.85 Å². The molecule has 0 aromatic rings. The van der Waals surface area contributed by atoms with E-state index >= 15 is 0 Å². The zero-order valence-corrected chi connectivity index (χ0v) is 8.12. The number of nitrogens with zero attached hydrogens (tertiary/aromatic N) is 1. The Hall–Kier alpha value is 0.440. The van der Waals surface area contributed by atoms with Crippen LogP contribution < -0.4 is 0 Å². The van der Waals surface area contributed by atoms with Crippen molar-refractivity contribution in [1.82, 2.24) is 0 Å². The van der Waals surface area contributed by atoms with E-state index in [0.717, 1.165) is 0 Å². The quantitative estimate of drug-likeness (QED) is 0.384. The Morgan fingerprint density at radius 1 is 1.00 bits per heavy atom. The second kappa shape index (κ2) is 3.30. The summed E-state index contributed by atoms with van der Waals surface area (Å²) in [5.74, 6) is 0. The molecule has 0 N–H and O–H groups in total. The fourth-order valence-corrected chi connectivity index (χ4v) is 0.540. The molecule has 8 heteroatoms. The van der Waals surface area contributed by atoms with E-state index < -0.39 is 15.0 Å². The Kier molecular flexibility index (Phi) is 3.42. The molecule has 0 atom stereocenters. The van der Waals surface area contributed by atoms with Gasteiger partial charge in [-0.05, 0) is 23.2 Å². The molecule has 0 radical (unpaired) electrons. The summed E-state index contributed by atoms with van der Waals surface area (Å²) < 4.78 is 29.4. The third kappa shape index (κ3) is 2.02. The molecule has 0 aliphatic heterocycles. The van der Waals surface area contributed by atoms with E-state index in [9.17, 15) is 13.2 Å². The first kappa shape index (κ1) is 12.4. The van der Waals surface area contributed by atoms with E-state index in [-0.39, 0.29) is 0 Å². The third-order valence-corrected chi connectivity index (χ3v) is 2.97. The van der Waals surface area contributed by atoms with Gasteiger partial charge in [0.25, 0.3) is 0 Å². The SMILES string of the molecule is [C-]#[N+]C(Cl)(Cl)C(Cl)(Cl)C(F)(F)F. The van der Waals surface area contributed by atoms with Gasteiger partial charge in [0.1, 0.15) is 0 Å². The van der Waals surface area contributed by atoms with Gasteiger partial charge in [0.05, 0.1) is 0 Å². The largest absolute Gasteiger partial charge is 0.432 e. The Bertz CT molecular complexity index is 215. The van der Waals surface area contributed by atoms with Crippen LogP contribution in [0.1, 0.15) is 0 Å². The summed E-state index contributed by atoms with van der Waals surface area (Å²) in [6, 6.07) is 0. The molecule has 0 heterocycles. The van der Waals surface area contributed by atoms with Crippen molar-refractivity contribution in [1.29, 1.82) is 0 Å². The minimum absolute atomic E-state index is 2.26. The molecule has 0 aliphatic rings. The summed E-state index contributed by atoms with van der Waals surface area (Å²) in [5, 5.41) is 0. The van der Waals surface area contributed by atoms with Gasteiger partial charge in [-0.25, -0.2) is 6.57 Å². The molecule has 0 unspecified atom stereocenters. The van der Waals surface area contributed by atoms with Crippen LogP contribution >= 0.6 is 46.4 Å². The first-order valence-corrected chi connectivity index (χ1v) is 3.78. The van der Waals surface area contributed by atoms with Crippen molar-refractivity contribution in [2.45, 2.75) is 15.0 Å². The van der Waals surface area contributed by atoms with Crippen molar-refractivity contribution in [3.05, 3.63) is 11.4 Å². The van der Waals surface area contributed by atoms with Gasteiger partial charge in [-0.15, -0.1) is 0 Å². The van der Waals surface area contributed by atoms with E-state index in [1.807, 2.05) is 0 Å². The van der Waals surface area contributed by atoms with Crippen molar-refractivity contribution < 1.29 is 13.2 Å². The zero-order chi connectivity index (χ0) is 10.2. The summed E-state index contributed by atoms with van der Waals surface area (Å²) in [7, 11) is 0. The maximum absolute atomic E-state index is 11.9. The molecular formula is C4Cl4F3N. The molecule has 0 saturated heterocycles. The maximum Gasteiger partial charge on any atom is 0.432 e. The van der Waals surface area contributed by atoms with Crippen LogP contribution in [0.15, 0.2) is 0 Å². The summed E-state index contributed by atoms with van der Waals surface area (Å²) >= 11 is 19.4. The average molecular weight is 261 g/mol. The molecule has 0 aromatic carbocycles. The molecule has 0 spiro atoms. The highest BCUT2D eigenvalue weighted by Gasteiger charge is 2.71. The molecule has 0 fully saturated rings. The molecule has 0 rings (SSSR count). The third-order valence-electron chi connectivity index (χ3n) is 0.874. The fourth-order valence-electron chi connectivity index (χ4n) is 0.241. The molecule has 0 amide bonds. The number of hydrogen-bond acceptors (Lipinski definition) is 0. The van der Waals surface area contributed by atoms with E-state index in [1.54, 1.807) is 0 Å². The lowest BCUT2D eigenvalue weighted by Crippen LogP contribution is -2.46. The first-order chi connectivity index (χ1) is 5.06. The monoisotopic (exact) mass is 259 g/mol. The summed E-state index contributed by atoms with van der Waals surface area (Å²) in [4.78, 5) is 2.26. The second-order valence-electron chi connectivity index (χ2n) is 1.73. The maximum atomic E-state index is 11.9. The van der Waals surface area contributed by atoms with Gasteiger partial charge >= 0.3 is 15.0 Å². The highest BCUT2D eigenvalue weighted by molar-refractivity contribution is 6.63. The highest BCUT2D eigenvalue weighted by Crippen LogP contribution is 2.53. The van der Waals surface area contributed by atoms with Crippen molar-refractivity contribution in [2.75, 3.05) is 0 Å². The number of hydrogen-bond donors (Lipinski definition) is 0. The van der Waals surface area contributed by atoms with Gasteiger partial charge in [0.2, 0.25) is 0 Å². The van der Waals surface area contributed by atoms with Crippen LogP contribution in [0.4, 0.5) is 13.2 Å². The van der Waals surface area contributed by atoms with E-state index in [2.05, 4.69) is 4.85 Å².